The quantitative estimate of drug-likeness (QED) is 0.721. The Morgan fingerprint density at radius 2 is 2.10 bits per heavy atom. The number of methoxy groups -OCH3 is 1. The van der Waals surface area contributed by atoms with Crippen molar-refractivity contribution >= 4 is 17.5 Å². The van der Waals surface area contributed by atoms with E-state index in [9.17, 15) is 9.59 Å². The Bertz CT molecular complexity index is 1160. The summed E-state index contributed by atoms with van der Waals surface area (Å²) in [5.74, 6) is 0.620. The molecule has 0 radical (unpaired) electrons. The Morgan fingerprint density at radius 1 is 1.21 bits per heavy atom. The van der Waals surface area contributed by atoms with Gasteiger partial charge < -0.3 is 20.1 Å². The highest BCUT2D eigenvalue weighted by molar-refractivity contribution is 6.06. The van der Waals surface area contributed by atoms with Crippen LogP contribution in [0.4, 0.5) is 5.69 Å². The second-order valence-corrected chi connectivity index (χ2v) is 6.88. The Kier molecular flexibility index (Phi) is 3.94. The molecule has 0 aliphatic carbocycles. The van der Waals surface area contributed by atoms with E-state index in [0.29, 0.717) is 34.9 Å². The third kappa shape index (κ3) is 2.87. The summed E-state index contributed by atoms with van der Waals surface area (Å²) >= 11 is 0. The van der Waals surface area contributed by atoms with Gasteiger partial charge in [-0.15, -0.1) is 0 Å². The van der Waals surface area contributed by atoms with E-state index in [0.717, 1.165) is 16.7 Å². The number of fused-ring (bicyclic) bond motifs is 4. The summed E-state index contributed by atoms with van der Waals surface area (Å²) in [5, 5.41) is 5.58. The summed E-state index contributed by atoms with van der Waals surface area (Å²) in [5.41, 5.74) is 4.73. The van der Waals surface area contributed by atoms with E-state index in [1.54, 1.807) is 49.8 Å². The van der Waals surface area contributed by atoms with E-state index >= 15 is 0 Å². The average Bonchev–Trinajstić information content (AvgIpc) is 3.07. The van der Waals surface area contributed by atoms with E-state index in [-0.39, 0.29) is 11.8 Å². The predicted octanol–water partition coefficient (Wildman–Crippen LogP) is 3.07. The van der Waals surface area contributed by atoms with E-state index in [4.69, 9.17) is 9.47 Å². The van der Waals surface area contributed by atoms with Gasteiger partial charge in [0.2, 0.25) is 0 Å². The number of hydrogen-bond donors (Lipinski definition) is 2. The topological polar surface area (TPSA) is 89.6 Å². The average molecular weight is 387 g/mol. The summed E-state index contributed by atoms with van der Waals surface area (Å²) in [6, 6.07) is 11.7. The smallest absolute Gasteiger partial charge is 0.252 e. The van der Waals surface area contributed by atoms with Crippen molar-refractivity contribution in [3.63, 3.8) is 0 Å². The molecule has 2 N–H and O–H groups in total. The van der Waals surface area contributed by atoms with Gasteiger partial charge in [0.15, 0.2) is 0 Å². The van der Waals surface area contributed by atoms with Crippen LogP contribution in [0.25, 0.3) is 11.1 Å². The van der Waals surface area contributed by atoms with Crippen molar-refractivity contribution < 1.29 is 19.1 Å². The van der Waals surface area contributed by atoms with Gasteiger partial charge in [0.1, 0.15) is 24.1 Å². The number of aromatic nitrogens is 1. The molecule has 2 aliphatic rings. The number of amides is 2. The fraction of sp³-hybridized carbons (Fsp3) is 0.136. The third-order valence-corrected chi connectivity index (χ3v) is 5.19. The molecule has 3 heterocycles. The summed E-state index contributed by atoms with van der Waals surface area (Å²) < 4.78 is 11.0. The number of rotatable bonds is 3. The van der Waals surface area contributed by atoms with Gasteiger partial charge in [-0.3, -0.25) is 14.6 Å². The fourth-order valence-electron chi connectivity index (χ4n) is 3.69. The van der Waals surface area contributed by atoms with Gasteiger partial charge in [0.25, 0.3) is 11.8 Å². The second-order valence-electron chi connectivity index (χ2n) is 6.88. The highest BCUT2D eigenvalue weighted by Gasteiger charge is 2.32. The first-order chi connectivity index (χ1) is 14.1. The molecule has 144 valence electrons. The van der Waals surface area contributed by atoms with Crippen LogP contribution in [-0.4, -0.2) is 23.9 Å². The Balaban J connectivity index is 1.43. The lowest BCUT2D eigenvalue weighted by Gasteiger charge is -2.21. The Hall–Kier alpha value is -3.87. The molecular formula is C22H17N3O4. The molecule has 0 bridgehead atoms. The van der Waals surface area contributed by atoms with Crippen LogP contribution in [0.1, 0.15) is 27.5 Å². The van der Waals surface area contributed by atoms with Crippen LogP contribution >= 0.6 is 0 Å². The number of nitrogens with zero attached hydrogens (tertiary/aromatic N) is 1. The van der Waals surface area contributed by atoms with Crippen LogP contribution in [0.15, 0.2) is 54.9 Å². The molecule has 3 aromatic rings. The zero-order valence-corrected chi connectivity index (χ0v) is 15.6. The van der Waals surface area contributed by atoms with Gasteiger partial charge in [0, 0.05) is 40.3 Å². The minimum Gasteiger partial charge on any atom is -0.497 e. The molecule has 5 rings (SSSR count). The minimum absolute atomic E-state index is 0.280. The van der Waals surface area contributed by atoms with Crippen molar-refractivity contribution in [1.29, 1.82) is 0 Å². The maximum Gasteiger partial charge on any atom is 0.252 e. The van der Waals surface area contributed by atoms with Gasteiger partial charge in [-0.05, 0) is 48.0 Å². The molecule has 29 heavy (non-hydrogen) atoms. The van der Waals surface area contributed by atoms with Gasteiger partial charge in [-0.25, -0.2) is 0 Å². The molecule has 7 heteroatoms. The van der Waals surface area contributed by atoms with Crippen molar-refractivity contribution in [1.82, 2.24) is 10.3 Å². The molecule has 2 aromatic carbocycles. The summed E-state index contributed by atoms with van der Waals surface area (Å²) in [7, 11) is 1.56. The standard InChI is InChI=1S/C22H17N3O4/c1-28-14-3-5-18-17(9-14)20(22(27)24-18)25-21(26)12-2-4-16-15-6-7-23-10-13(15)11-29-19(16)8-12/h2-10,20H,11H2,1H3,(H,24,27)(H,25,26). The summed E-state index contributed by atoms with van der Waals surface area (Å²) in [4.78, 5) is 29.3. The number of pyridine rings is 1. The molecule has 2 amide bonds. The molecule has 1 atom stereocenters. The molecule has 0 spiro atoms. The highest BCUT2D eigenvalue weighted by Crippen LogP contribution is 2.38. The predicted molar refractivity (Wildman–Crippen MR) is 106 cm³/mol. The first-order valence-corrected chi connectivity index (χ1v) is 9.14. The van der Waals surface area contributed by atoms with Gasteiger partial charge >= 0.3 is 0 Å². The monoisotopic (exact) mass is 387 g/mol. The minimum atomic E-state index is -0.781. The van der Waals surface area contributed by atoms with Crippen LogP contribution in [-0.2, 0) is 11.4 Å². The van der Waals surface area contributed by atoms with Crippen molar-refractivity contribution in [2.75, 3.05) is 12.4 Å². The molecule has 0 saturated carbocycles. The number of nitrogens with one attached hydrogen (secondary N) is 2. The summed E-state index contributed by atoms with van der Waals surface area (Å²) in [6.45, 7) is 0.402. The molecular weight excluding hydrogens is 370 g/mol. The zero-order chi connectivity index (χ0) is 20.0. The lowest BCUT2D eigenvalue weighted by molar-refractivity contribution is -0.117. The molecule has 0 fully saturated rings. The largest absolute Gasteiger partial charge is 0.497 e. The number of ether oxygens (including phenoxy) is 2. The van der Waals surface area contributed by atoms with Crippen LogP contribution in [0, 0.1) is 0 Å². The normalized spacial score (nSPS) is 16.0. The van der Waals surface area contributed by atoms with Gasteiger partial charge in [-0.1, -0.05) is 0 Å². The first-order valence-electron chi connectivity index (χ1n) is 9.14. The fourth-order valence-corrected chi connectivity index (χ4v) is 3.69. The van der Waals surface area contributed by atoms with Crippen LogP contribution in [0.3, 0.4) is 0 Å². The molecule has 1 aromatic heterocycles. The van der Waals surface area contributed by atoms with E-state index in [1.165, 1.54) is 0 Å². The van der Waals surface area contributed by atoms with Crippen LogP contribution in [0.2, 0.25) is 0 Å². The van der Waals surface area contributed by atoms with Crippen molar-refractivity contribution in [3.8, 4) is 22.6 Å². The highest BCUT2D eigenvalue weighted by atomic mass is 16.5. The zero-order valence-electron chi connectivity index (χ0n) is 15.6. The number of hydrogen-bond acceptors (Lipinski definition) is 5. The van der Waals surface area contributed by atoms with Crippen LogP contribution in [0.5, 0.6) is 11.5 Å². The maximum atomic E-state index is 12.9. The lowest BCUT2D eigenvalue weighted by Crippen LogP contribution is -2.32. The summed E-state index contributed by atoms with van der Waals surface area (Å²) in [6.07, 6.45) is 3.52. The molecule has 0 saturated heterocycles. The number of carbonyl (C=O) groups is 2. The van der Waals surface area contributed by atoms with Gasteiger partial charge in [0.05, 0.1) is 7.11 Å². The van der Waals surface area contributed by atoms with Crippen molar-refractivity contribution in [2.45, 2.75) is 12.6 Å². The van der Waals surface area contributed by atoms with Crippen LogP contribution < -0.4 is 20.1 Å². The molecule has 1 unspecified atom stereocenters. The maximum absolute atomic E-state index is 12.9. The van der Waals surface area contributed by atoms with E-state index < -0.39 is 6.04 Å². The van der Waals surface area contributed by atoms with E-state index in [2.05, 4.69) is 15.6 Å². The second kappa shape index (κ2) is 6.63. The Morgan fingerprint density at radius 3 is 2.97 bits per heavy atom. The van der Waals surface area contributed by atoms with Crippen molar-refractivity contribution in [3.05, 3.63) is 71.5 Å². The first kappa shape index (κ1) is 17.2. The SMILES string of the molecule is COc1ccc2c(c1)C(NC(=O)c1ccc3c(c1)OCc1cnccc1-3)C(=O)N2. The number of anilines is 1. The Labute approximate surface area is 166 Å². The number of carbonyl (C=O) groups excluding carboxylic acids is 2. The molecule has 2 aliphatic heterocycles. The van der Waals surface area contributed by atoms with Crippen molar-refractivity contribution in [2.24, 2.45) is 0 Å². The third-order valence-electron chi connectivity index (χ3n) is 5.19. The van der Waals surface area contributed by atoms with E-state index in [1.807, 2.05) is 12.1 Å². The van der Waals surface area contributed by atoms with Gasteiger partial charge in [-0.2, -0.15) is 0 Å². The number of benzene rings is 2. The molecule has 7 nitrogen and oxygen atoms in total. The lowest BCUT2D eigenvalue weighted by atomic mass is 9.97.